The summed E-state index contributed by atoms with van der Waals surface area (Å²) in [7, 11) is 0. The second-order valence-electron chi connectivity index (χ2n) is 2.59. The molecule has 0 spiro atoms. The van der Waals surface area contributed by atoms with Crippen molar-refractivity contribution in [1.82, 2.24) is 8.85 Å². The molecule has 0 radical (unpaired) electrons. The number of benzene rings is 1. The Morgan fingerprint density at radius 3 is 2.36 bits per heavy atom. The van der Waals surface area contributed by atoms with Crippen molar-refractivity contribution in [3.05, 3.63) is 35.9 Å². The number of hydrogen-bond donors (Lipinski definition) is 2. The van der Waals surface area contributed by atoms with Gasteiger partial charge in [-0.3, -0.25) is 13.1 Å². The molecule has 0 aromatic heterocycles. The number of amides is 2. The second-order valence-corrected chi connectivity index (χ2v) is 3.13. The summed E-state index contributed by atoms with van der Waals surface area (Å²) in [5.41, 5.74) is 0.960. The zero-order valence-electron chi connectivity index (χ0n) is 7.29. The zero-order chi connectivity index (χ0) is 10.4. The molecule has 0 aliphatic rings. The van der Waals surface area contributed by atoms with E-state index in [0.717, 1.165) is 5.56 Å². The molecule has 5 heteroatoms. The molecule has 14 heavy (non-hydrogen) atoms. The van der Waals surface area contributed by atoms with Crippen LogP contribution in [0.25, 0.3) is 0 Å². The maximum atomic E-state index is 11.0. The van der Waals surface area contributed by atoms with E-state index < -0.39 is 11.8 Å². The van der Waals surface area contributed by atoms with Crippen LogP contribution in [0.4, 0.5) is 0 Å². The third kappa shape index (κ3) is 3.33. The number of halogens is 1. The topological polar surface area (TPSA) is 58.2 Å². The van der Waals surface area contributed by atoms with Crippen LogP contribution in [0.1, 0.15) is 5.56 Å². The fraction of sp³-hybridized carbons (Fsp3) is 0.111. The summed E-state index contributed by atoms with van der Waals surface area (Å²) in [6, 6.07) is 9.40. The SMILES string of the molecule is O=C(NI)C(=O)NCc1ccccc1. The fourth-order valence-electron chi connectivity index (χ4n) is 0.901. The van der Waals surface area contributed by atoms with E-state index in [1.54, 1.807) is 22.9 Å². The maximum Gasteiger partial charge on any atom is 0.317 e. The standard InChI is InChI=1S/C9H9IN2O2/c10-12-9(14)8(13)11-6-7-4-2-1-3-5-7/h1-5H,6H2,(H,11,13)(H,12,14). The predicted octanol–water partition coefficient (Wildman–Crippen LogP) is 0.769. The van der Waals surface area contributed by atoms with E-state index in [1.807, 2.05) is 30.3 Å². The summed E-state index contributed by atoms with van der Waals surface area (Å²) in [4.78, 5) is 21.8. The molecule has 1 rings (SSSR count). The number of carbonyl (C=O) groups is 2. The molecule has 2 amide bonds. The smallest absolute Gasteiger partial charge is 0.317 e. The summed E-state index contributed by atoms with van der Waals surface area (Å²) in [6.07, 6.45) is 0. The minimum absolute atomic E-state index is 0.365. The van der Waals surface area contributed by atoms with Crippen molar-refractivity contribution >= 4 is 34.7 Å². The van der Waals surface area contributed by atoms with Gasteiger partial charge in [0.2, 0.25) is 0 Å². The molecule has 0 fully saturated rings. The van der Waals surface area contributed by atoms with E-state index in [-0.39, 0.29) is 0 Å². The Hall–Kier alpha value is -1.11. The van der Waals surface area contributed by atoms with Gasteiger partial charge in [-0.25, -0.2) is 0 Å². The Morgan fingerprint density at radius 1 is 1.14 bits per heavy atom. The summed E-state index contributed by atoms with van der Waals surface area (Å²) in [5.74, 6) is -1.26. The molecule has 1 aromatic carbocycles. The maximum absolute atomic E-state index is 11.0. The molecular formula is C9H9IN2O2. The molecule has 4 nitrogen and oxygen atoms in total. The van der Waals surface area contributed by atoms with Gasteiger partial charge in [-0.2, -0.15) is 0 Å². The van der Waals surface area contributed by atoms with Crippen LogP contribution in [0.3, 0.4) is 0 Å². The van der Waals surface area contributed by atoms with Crippen molar-refractivity contribution in [2.45, 2.75) is 6.54 Å². The molecule has 0 aliphatic heterocycles. The normalized spacial score (nSPS) is 9.21. The minimum Gasteiger partial charge on any atom is -0.344 e. The van der Waals surface area contributed by atoms with Crippen LogP contribution in [-0.2, 0) is 16.1 Å². The van der Waals surface area contributed by atoms with E-state index in [1.165, 1.54) is 0 Å². The molecule has 1 aromatic rings. The zero-order valence-corrected chi connectivity index (χ0v) is 9.45. The first-order valence-corrected chi connectivity index (χ1v) is 5.04. The number of hydrogen-bond acceptors (Lipinski definition) is 2. The van der Waals surface area contributed by atoms with Gasteiger partial charge < -0.3 is 5.32 Å². The quantitative estimate of drug-likeness (QED) is 0.482. The molecule has 0 atom stereocenters. The van der Waals surface area contributed by atoms with Gasteiger partial charge in [-0.1, -0.05) is 30.3 Å². The average molecular weight is 304 g/mol. The largest absolute Gasteiger partial charge is 0.344 e. The first-order valence-electron chi connectivity index (χ1n) is 3.97. The van der Waals surface area contributed by atoms with Gasteiger partial charge in [-0.15, -0.1) is 0 Å². The molecule has 0 aliphatic carbocycles. The highest BCUT2D eigenvalue weighted by Gasteiger charge is 2.10. The molecule has 0 heterocycles. The van der Waals surface area contributed by atoms with Crippen molar-refractivity contribution in [2.24, 2.45) is 0 Å². The van der Waals surface area contributed by atoms with Crippen LogP contribution in [0.2, 0.25) is 0 Å². The van der Waals surface area contributed by atoms with E-state index in [2.05, 4.69) is 8.85 Å². The van der Waals surface area contributed by atoms with Gasteiger partial charge in [0.15, 0.2) is 0 Å². The van der Waals surface area contributed by atoms with Gasteiger partial charge >= 0.3 is 11.8 Å². The first-order chi connectivity index (χ1) is 6.74. The minimum atomic E-state index is -0.637. The summed E-state index contributed by atoms with van der Waals surface area (Å²) < 4.78 is 2.22. The number of carbonyl (C=O) groups excluding carboxylic acids is 2. The molecule has 2 N–H and O–H groups in total. The van der Waals surface area contributed by atoms with Gasteiger partial charge in [0.1, 0.15) is 0 Å². The van der Waals surface area contributed by atoms with Crippen molar-refractivity contribution in [2.75, 3.05) is 0 Å². The van der Waals surface area contributed by atoms with E-state index in [9.17, 15) is 9.59 Å². The van der Waals surface area contributed by atoms with Gasteiger partial charge in [0.25, 0.3) is 0 Å². The molecule has 0 saturated heterocycles. The van der Waals surface area contributed by atoms with Crippen LogP contribution < -0.4 is 8.85 Å². The lowest BCUT2D eigenvalue weighted by Gasteiger charge is -2.02. The van der Waals surface area contributed by atoms with E-state index in [0.29, 0.717) is 6.54 Å². The molecular weight excluding hydrogens is 295 g/mol. The Balaban J connectivity index is 2.42. The highest BCUT2D eigenvalue weighted by atomic mass is 127. The van der Waals surface area contributed by atoms with Crippen molar-refractivity contribution < 1.29 is 9.59 Å². The average Bonchev–Trinajstić information content (AvgIpc) is 2.26. The third-order valence-corrected chi connectivity index (χ3v) is 2.08. The van der Waals surface area contributed by atoms with Crippen LogP contribution in [0.15, 0.2) is 30.3 Å². The molecule has 0 bridgehead atoms. The van der Waals surface area contributed by atoms with Crippen LogP contribution in [0.5, 0.6) is 0 Å². The summed E-state index contributed by atoms with van der Waals surface area (Å²) >= 11 is 1.62. The highest BCUT2D eigenvalue weighted by Crippen LogP contribution is 1.96. The van der Waals surface area contributed by atoms with Crippen LogP contribution in [-0.4, -0.2) is 11.8 Å². The molecule has 0 unspecified atom stereocenters. The van der Waals surface area contributed by atoms with E-state index in [4.69, 9.17) is 0 Å². The second kappa shape index (κ2) is 5.58. The Bertz CT molecular complexity index is 327. The van der Waals surface area contributed by atoms with Gasteiger partial charge in [0, 0.05) is 6.54 Å². The molecule has 0 saturated carbocycles. The first kappa shape index (κ1) is 11.0. The monoisotopic (exact) mass is 304 g/mol. The fourth-order valence-corrected chi connectivity index (χ4v) is 1.15. The Morgan fingerprint density at radius 2 is 1.79 bits per heavy atom. The summed E-state index contributed by atoms with van der Waals surface area (Å²) in [6.45, 7) is 0.365. The predicted molar refractivity (Wildman–Crippen MR) is 60.5 cm³/mol. The molecule has 74 valence electrons. The Kier molecular flexibility index (Phi) is 4.37. The lowest BCUT2D eigenvalue weighted by Crippen LogP contribution is -2.35. The number of rotatable bonds is 2. The van der Waals surface area contributed by atoms with Crippen molar-refractivity contribution in [3.63, 3.8) is 0 Å². The lowest BCUT2D eigenvalue weighted by molar-refractivity contribution is -0.137. The Labute approximate surface area is 95.6 Å². The van der Waals surface area contributed by atoms with Gasteiger partial charge in [0.05, 0.1) is 22.9 Å². The van der Waals surface area contributed by atoms with Crippen molar-refractivity contribution in [1.29, 1.82) is 0 Å². The summed E-state index contributed by atoms with van der Waals surface area (Å²) in [5, 5.41) is 2.49. The third-order valence-electron chi connectivity index (χ3n) is 1.59. The van der Waals surface area contributed by atoms with Gasteiger partial charge in [-0.05, 0) is 5.56 Å². The van der Waals surface area contributed by atoms with E-state index >= 15 is 0 Å². The van der Waals surface area contributed by atoms with Crippen LogP contribution in [0, 0.1) is 0 Å². The number of nitrogens with one attached hydrogen (secondary N) is 2. The van der Waals surface area contributed by atoms with Crippen LogP contribution >= 0.6 is 22.9 Å². The highest BCUT2D eigenvalue weighted by molar-refractivity contribution is 14.1. The van der Waals surface area contributed by atoms with Crippen molar-refractivity contribution in [3.8, 4) is 0 Å². The lowest BCUT2D eigenvalue weighted by atomic mass is 10.2.